The summed E-state index contributed by atoms with van der Waals surface area (Å²) in [6.45, 7) is 1.79. The molecule has 1 atom stereocenters. The van der Waals surface area contributed by atoms with Crippen molar-refractivity contribution in [3.8, 4) is 0 Å². The van der Waals surface area contributed by atoms with Crippen molar-refractivity contribution in [3.05, 3.63) is 26.4 Å². The van der Waals surface area contributed by atoms with Crippen LogP contribution in [0.15, 0.2) is 11.4 Å². The molecule has 1 rings (SSSR count). The molecule has 0 fully saturated rings. The third-order valence-corrected chi connectivity index (χ3v) is 2.68. The van der Waals surface area contributed by atoms with Crippen molar-refractivity contribution in [2.45, 2.75) is 12.3 Å². The zero-order chi connectivity index (χ0) is 8.43. The van der Waals surface area contributed by atoms with Crippen molar-refractivity contribution in [1.82, 2.24) is 0 Å². The van der Waals surface area contributed by atoms with Crippen molar-refractivity contribution in [2.75, 3.05) is 0 Å². The summed E-state index contributed by atoms with van der Waals surface area (Å²) in [7, 11) is 0. The molecule has 11 heavy (non-hydrogen) atoms. The van der Waals surface area contributed by atoms with Gasteiger partial charge in [-0.2, -0.15) is 0 Å². The molecule has 0 aliphatic heterocycles. The number of nitro groups is 1. The molecule has 0 spiro atoms. The SMILES string of the molecule is CC(Cl)c1cc([N+](=O)[O-])cs1. The van der Waals surface area contributed by atoms with E-state index in [1.165, 1.54) is 22.8 Å². The highest BCUT2D eigenvalue weighted by Gasteiger charge is 2.11. The first-order chi connectivity index (χ1) is 5.11. The second-order valence-electron chi connectivity index (χ2n) is 2.08. The first-order valence-electron chi connectivity index (χ1n) is 2.98. The number of rotatable bonds is 2. The smallest absolute Gasteiger partial charge is 0.258 e. The van der Waals surface area contributed by atoms with E-state index in [1.807, 2.05) is 0 Å². The van der Waals surface area contributed by atoms with Gasteiger partial charge in [0.1, 0.15) is 0 Å². The summed E-state index contributed by atoms with van der Waals surface area (Å²) in [4.78, 5) is 10.6. The van der Waals surface area contributed by atoms with E-state index in [1.54, 1.807) is 6.92 Å². The second kappa shape index (κ2) is 3.19. The first kappa shape index (κ1) is 8.49. The standard InChI is InChI=1S/C6H6ClNO2S/c1-4(7)6-2-5(3-11-6)8(9)10/h2-4H,1H3. The van der Waals surface area contributed by atoms with Crippen molar-refractivity contribution in [2.24, 2.45) is 0 Å². The van der Waals surface area contributed by atoms with Crippen LogP contribution in [0.25, 0.3) is 0 Å². The molecule has 0 aliphatic carbocycles. The molecule has 60 valence electrons. The van der Waals surface area contributed by atoms with Gasteiger partial charge in [-0.1, -0.05) is 0 Å². The van der Waals surface area contributed by atoms with Gasteiger partial charge in [0, 0.05) is 10.9 Å². The highest BCUT2D eigenvalue weighted by Crippen LogP contribution is 2.29. The molecule has 0 bridgehead atoms. The minimum atomic E-state index is -0.417. The third kappa shape index (κ3) is 1.91. The summed E-state index contributed by atoms with van der Waals surface area (Å²) in [5.74, 6) is 0. The van der Waals surface area contributed by atoms with E-state index in [9.17, 15) is 10.1 Å². The van der Waals surface area contributed by atoms with Crippen LogP contribution in [-0.4, -0.2) is 4.92 Å². The van der Waals surface area contributed by atoms with Gasteiger partial charge in [-0.15, -0.1) is 22.9 Å². The summed E-state index contributed by atoms with van der Waals surface area (Å²) in [6, 6.07) is 1.50. The topological polar surface area (TPSA) is 43.1 Å². The Morgan fingerprint density at radius 3 is 2.73 bits per heavy atom. The maximum atomic E-state index is 10.2. The lowest BCUT2D eigenvalue weighted by Crippen LogP contribution is -1.83. The molecule has 5 heteroatoms. The summed E-state index contributed by atoms with van der Waals surface area (Å²) >= 11 is 7.02. The van der Waals surface area contributed by atoms with E-state index in [2.05, 4.69) is 0 Å². The fourth-order valence-electron chi connectivity index (χ4n) is 0.647. The van der Waals surface area contributed by atoms with Crippen molar-refractivity contribution < 1.29 is 4.92 Å². The van der Waals surface area contributed by atoms with Crippen LogP contribution in [0, 0.1) is 10.1 Å². The van der Waals surface area contributed by atoms with Crippen LogP contribution in [0.5, 0.6) is 0 Å². The van der Waals surface area contributed by atoms with E-state index >= 15 is 0 Å². The summed E-state index contributed by atoms with van der Waals surface area (Å²) in [5.41, 5.74) is 0.123. The molecule has 3 nitrogen and oxygen atoms in total. The van der Waals surface area contributed by atoms with Crippen molar-refractivity contribution in [1.29, 1.82) is 0 Å². The molecule has 0 N–H and O–H groups in total. The predicted molar refractivity (Wildman–Crippen MR) is 45.2 cm³/mol. The van der Waals surface area contributed by atoms with E-state index in [-0.39, 0.29) is 11.1 Å². The molecular weight excluding hydrogens is 186 g/mol. The monoisotopic (exact) mass is 191 g/mol. The van der Waals surface area contributed by atoms with Gasteiger partial charge in [0.15, 0.2) is 0 Å². The highest BCUT2D eigenvalue weighted by molar-refractivity contribution is 7.10. The van der Waals surface area contributed by atoms with Gasteiger partial charge in [-0.3, -0.25) is 10.1 Å². The molecule has 1 heterocycles. The molecular formula is C6H6ClNO2S. The molecule has 0 aromatic carbocycles. The number of alkyl halides is 1. The van der Waals surface area contributed by atoms with Crippen LogP contribution in [0.2, 0.25) is 0 Å². The Labute approximate surface area is 72.8 Å². The van der Waals surface area contributed by atoms with Gasteiger partial charge in [0.05, 0.1) is 15.7 Å². The molecule has 0 saturated heterocycles. The summed E-state index contributed by atoms with van der Waals surface area (Å²) in [5, 5.41) is 11.6. The number of nitrogens with zero attached hydrogens (tertiary/aromatic N) is 1. The van der Waals surface area contributed by atoms with E-state index in [0.29, 0.717) is 0 Å². The van der Waals surface area contributed by atoms with Crippen LogP contribution >= 0.6 is 22.9 Å². The maximum absolute atomic E-state index is 10.2. The van der Waals surface area contributed by atoms with E-state index < -0.39 is 4.92 Å². The number of halogens is 1. The molecule has 1 unspecified atom stereocenters. The molecule has 1 aromatic heterocycles. The Morgan fingerprint density at radius 1 is 1.82 bits per heavy atom. The van der Waals surface area contributed by atoms with Crippen LogP contribution in [0.3, 0.4) is 0 Å². The number of hydrogen-bond donors (Lipinski definition) is 0. The Balaban J connectivity index is 2.90. The quantitative estimate of drug-likeness (QED) is 0.410. The molecule has 0 aliphatic rings. The lowest BCUT2D eigenvalue weighted by molar-refractivity contribution is -0.384. The van der Waals surface area contributed by atoms with Crippen molar-refractivity contribution in [3.63, 3.8) is 0 Å². The van der Waals surface area contributed by atoms with E-state index in [4.69, 9.17) is 11.6 Å². The van der Waals surface area contributed by atoms with Gasteiger partial charge < -0.3 is 0 Å². The molecule has 0 amide bonds. The van der Waals surface area contributed by atoms with Gasteiger partial charge in [0.25, 0.3) is 5.69 Å². The zero-order valence-electron chi connectivity index (χ0n) is 5.78. The highest BCUT2D eigenvalue weighted by atomic mass is 35.5. The minimum Gasteiger partial charge on any atom is -0.258 e. The fraction of sp³-hybridized carbons (Fsp3) is 0.333. The second-order valence-corrected chi connectivity index (χ2v) is 3.68. The third-order valence-electron chi connectivity index (χ3n) is 1.21. The minimum absolute atomic E-state index is 0.123. The Hall–Kier alpha value is -0.610. The molecule has 1 aromatic rings. The van der Waals surface area contributed by atoms with Gasteiger partial charge in [-0.05, 0) is 6.92 Å². The average molecular weight is 192 g/mol. The van der Waals surface area contributed by atoms with Gasteiger partial charge >= 0.3 is 0 Å². The lowest BCUT2D eigenvalue weighted by Gasteiger charge is -1.92. The molecule has 0 radical (unpaired) electrons. The van der Waals surface area contributed by atoms with Crippen LogP contribution in [-0.2, 0) is 0 Å². The van der Waals surface area contributed by atoms with E-state index in [0.717, 1.165) is 4.88 Å². The van der Waals surface area contributed by atoms with Crippen LogP contribution < -0.4 is 0 Å². The first-order valence-corrected chi connectivity index (χ1v) is 4.29. The largest absolute Gasteiger partial charge is 0.280 e. The number of hydrogen-bond acceptors (Lipinski definition) is 3. The van der Waals surface area contributed by atoms with Crippen LogP contribution in [0.1, 0.15) is 17.2 Å². The number of thiophene rings is 1. The normalized spacial score (nSPS) is 12.9. The van der Waals surface area contributed by atoms with Crippen molar-refractivity contribution >= 4 is 28.6 Å². The molecule has 0 saturated carbocycles. The maximum Gasteiger partial charge on any atom is 0.280 e. The Kier molecular flexibility index (Phi) is 2.46. The van der Waals surface area contributed by atoms with Gasteiger partial charge in [0.2, 0.25) is 0 Å². The lowest BCUT2D eigenvalue weighted by atomic mass is 10.3. The Bertz CT molecular complexity index is 271. The average Bonchev–Trinajstić information content (AvgIpc) is 2.33. The Morgan fingerprint density at radius 2 is 2.45 bits per heavy atom. The zero-order valence-corrected chi connectivity index (χ0v) is 7.35. The fourth-order valence-corrected chi connectivity index (χ4v) is 1.65. The van der Waals surface area contributed by atoms with Gasteiger partial charge in [-0.25, -0.2) is 0 Å². The van der Waals surface area contributed by atoms with Crippen LogP contribution in [0.4, 0.5) is 5.69 Å². The summed E-state index contributed by atoms with van der Waals surface area (Å²) in [6.07, 6.45) is 0. The summed E-state index contributed by atoms with van der Waals surface area (Å²) < 4.78 is 0. The predicted octanol–water partition coefficient (Wildman–Crippen LogP) is 2.96.